The van der Waals surface area contributed by atoms with Crippen molar-refractivity contribution >= 4 is 29.1 Å². The lowest BCUT2D eigenvalue weighted by Crippen LogP contribution is -2.34. The Hall–Kier alpha value is -2.19. The standard InChI is InChI=1S/C15H13Cl2F2N3O3/c16-10-7-21-22(14(24)13(10)17)8-12(23)20-6-5-9-3-1-2-4-11(9)25-15(18)19/h1-4,7,15H,5-6,8H2,(H,20,23). The maximum atomic E-state index is 12.3. The minimum absolute atomic E-state index is 0.000961. The summed E-state index contributed by atoms with van der Waals surface area (Å²) in [6.07, 6.45) is 1.44. The smallest absolute Gasteiger partial charge is 0.387 e. The number of aromatic nitrogens is 2. The molecule has 0 aliphatic rings. The van der Waals surface area contributed by atoms with E-state index >= 15 is 0 Å². The molecule has 1 heterocycles. The molecule has 2 aromatic rings. The Morgan fingerprint density at radius 1 is 1.32 bits per heavy atom. The summed E-state index contributed by atoms with van der Waals surface area (Å²) in [5.74, 6) is -0.436. The molecule has 1 N–H and O–H groups in total. The largest absolute Gasteiger partial charge is 0.435 e. The molecule has 2 rings (SSSR count). The number of nitrogens with zero attached hydrogens (tertiary/aromatic N) is 2. The van der Waals surface area contributed by atoms with Crippen LogP contribution in [0, 0.1) is 0 Å². The molecule has 0 saturated heterocycles. The molecule has 0 radical (unpaired) electrons. The van der Waals surface area contributed by atoms with E-state index in [1.807, 2.05) is 0 Å². The van der Waals surface area contributed by atoms with Gasteiger partial charge in [-0.1, -0.05) is 41.4 Å². The van der Waals surface area contributed by atoms with Gasteiger partial charge >= 0.3 is 6.61 Å². The Kier molecular flexibility index (Phi) is 6.72. The topological polar surface area (TPSA) is 73.2 Å². The molecule has 134 valence electrons. The molecular formula is C15H13Cl2F2N3O3. The molecule has 1 aromatic heterocycles. The predicted molar refractivity (Wildman–Crippen MR) is 88.3 cm³/mol. The van der Waals surface area contributed by atoms with Crippen LogP contribution in [0.25, 0.3) is 0 Å². The van der Waals surface area contributed by atoms with Crippen LogP contribution in [0.3, 0.4) is 0 Å². The quantitative estimate of drug-likeness (QED) is 0.786. The first kappa shape index (κ1) is 19.1. The lowest BCUT2D eigenvalue weighted by atomic mass is 10.1. The van der Waals surface area contributed by atoms with Gasteiger partial charge in [-0.15, -0.1) is 0 Å². The van der Waals surface area contributed by atoms with E-state index in [1.54, 1.807) is 18.2 Å². The second-order valence-electron chi connectivity index (χ2n) is 4.86. The molecule has 1 aromatic carbocycles. The van der Waals surface area contributed by atoms with Gasteiger partial charge in [-0.05, 0) is 18.1 Å². The average Bonchev–Trinajstić information content (AvgIpc) is 2.56. The van der Waals surface area contributed by atoms with E-state index in [2.05, 4.69) is 15.2 Å². The van der Waals surface area contributed by atoms with E-state index in [0.29, 0.717) is 5.56 Å². The molecule has 6 nitrogen and oxygen atoms in total. The van der Waals surface area contributed by atoms with E-state index in [0.717, 1.165) is 10.9 Å². The van der Waals surface area contributed by atoms with Crippen molar-refractivity contribution in [2.24, 2.45) is 0 Å². The number of amides is 1. The normalized spacial score (nSPS) is 10.8. The van der Waals surface area contributed by atoms with Crippen LogP contribution >= 0.6 is 23.2 Å². The summed E-state index contributed by atoms with van der Waals surface area (Å²) < 4.78 is 30.0. The summed E-state index contributed by atoms with van der Waals surface area (Å²) in [4.78, 5) is 23.7. The fraction of sp³-hybridized carbons (Fsp3) is 0.267. The summed E-state index contributed by atoms with van der Waals surface area (Å²) in [5, 5.41) is 6.06. The van der Waals surface area contributed by atoms with Gasteiger partial charge in [0.15, 0.2) is 0 Å². The molecule has 10 heteroatoms. The van der Waals surface area contributed by atoms with Crippen molar-refractivity contribution in [2.75, 3.05) is 6.54 Å². The van der Waals surface area contributed by atoms with Crippen molar-refractivity contribution in [1.29, 1.82) is 0 Å². The highest BCUT2D eigenvalue weighted by atomic mass is 35.5. The SMILES string of the molecule is O=C(Cn1ncc(Cl)c(Cl)c1=O)NCCc1ccccc1OC(F)F. The lowest BCUT2D eigenvalue weighted by Gasteiger charge is -2.11. The van der Waals surface area contributed by atoms with Crippen molar-refractivity contribution in [3.8, 4) is 5.75 Å². The van der Waals surface area contributed by atoms with Gasteiger partial charge in [-0.25, -0.2) is 4.68 Å². The number of rotatable bonds is 7. The zero-order valence-corrected chi connectivity index (χ0v) is 14.2. The van der Waals surface area contributed by atoms with Gasteiger partial charge in [0.05, 0.1) is 11.2 Å². The van der Waals surface area contributed by atoms with E-state index in [1.165, 1.54) is 6.07 Å². The first-order chi connectivity index (χ1) is 11.9. The van der Waals surface area contributed by atoms with Gasteiger partial charge in [-0.2, -0.15) is 13.9 Å². The van der Waals surface area contributed by atoms with Crippen LogP contribution in [-0.2, 0) is 17.8 Å². The van der Waals surface area contributed by atoms with Gasteiger partial charge in [0.1, 0.15) is 17.3 Å². The third kappa shape index (κ3) is 5.40. The number of ether oxygens (including phenoxy) is 1. The van der Waals surface area contributed by atoms with E-state index in [4.69, 9.17) is 23.2 Å². The highest BCUT2D eigenvalue weighted by Gasteiger charge is 2.12. The molecule has 0 spiro atoms. The molecule has 0 aliphatic carbocycles. The molecule has 0 atom stereocenters. The second-order valence-corrected chi connectivity index (χ2v) is 5.64. The number of hydrogen-bond donors (Lipinski definition) is 1. The van der Waals surface area contributed by atoms with Gasteiger partial charge in [0.25, 0.3) is 5.56 Å². The highest BCUT2D eigenvalue weighted by molar-refractivity contribution is 6.41. The first-order valence-corrected chi connectivity index (χ1v) is 7.84. The van der Waals surface area contributed by atoms with Crippen molar-refractivity contribution in [1.82, 2.24) is 15.1 Å². The van der Waals surface area contributed by atoms with E-state index in [9.17, 15) is 18.4 Å². The van der Waals surface area contributed by atoms with Crippen molar-refractivity contribution < 1.29 is 18.3 Å². The summed E-state index contributed by atoms with van der Waals surface area (Å²) in [6, 6.07) is 6.29. The molecular weight excluding hydrogens is 379 g/mol. The third-order valence-corrected chi connectivity index (χ3v) is 3.89. The Bertz CT molecular complexity index is 815. The second kappa shape index (κ2) is 8.77. The monoisotopic (exact) mass is 391 g/mol. The molecule has 25 heavy (non-hydrogen) atoms. The molecule has 0 bridgehead atoms. The minimum Gasteiger partial charge on any atom is -0.435 e. The molecule has 0 unspecified atom stereocenters. The number of benzene rings is 1. The summed E-state index contributed by atoms with van der Waals surface area (Å²) in [5.41, 5.74) is -0.159. The Balaban J connectivity index is 1.91. The van der Waals surface area contributed by atoms with Crippen LogP contribution in [0.4, 0.5) is 8.78 Å². The molecule has 0 fully saturated rings. The van der Waals surface area contributed by atoms with Crippen LogP contribution in [0.15, 0.2) is 35.3 Å². The Morgan fingerprint density at radius 3 is 2.76 bits per heavy atom. The maximum absolute atomic E-state index is 12.3. The highest BCUT2D eigenvalue weighted by Crippen LogP contribution is 2.20. The molecule has 0 aliphatic heterocycles. The third-order valence-electron chi connectivity index (χ3n) is 3.14. The fourth-order valence-corrected chi connectivity index (χ4v) is 2.28. The molecule has 1 amide bonds. The van der Waals surface area contributed by atoms with E-state index < -0.39 is 18.1 Å². The number of halogens is 4. The van der Waals surface area contributed by atoms with Crippen LogP contribution in [0.1, 0.15) is 5.56 Å². The van der Waals surface area contributed by atoms with Gasteiger partial charge in [0.2, 0.25) is 5.91 Å². The van der Waals surface area contributed by atoms with Crippen LogP contribution in [-0.4, -0.2) is 28.8 Å². The van der Waals surface area contributed by atoms with E-state index in [-0.39, 0.29) is 35.3 Å². The predicted octanol–water partition coefficient (Wildman–Crippen LogP) is 2.51. The fourth-order valence-electron chi connectivity index (χ4n) is 2.01. The summed E-state index contributed by atoms with van der Waals surface area (Å²) in [7, 11) is 0. The van der Waals surface area contributed by atoms with Crippen molar-refractivity contribution in [2.45, 2.75) is 19.6 Å². The number of carbonyl (C=O) groups is 1. The zero-order valence-electron chi connectivity index (χ0n) is 12.7. The van der Waals surface area contributed by atoms with Crippen molar-refractivity contribution in [3.05, 3.63) is 56.4 Å². The Labute approximate surface area is 151 Å². The minimum atomic E-state index is -2.93. The average molecular weight is 392 g/mol. The van der Waals surface area contributed by atoms with Gasteiger partial charge in [-0.3, -0.25) is 9.59 Å². The maximum Gasteiger partial charge on any atom is 0.387 e. The van der Waals surface area contributed by atoms with Crippen LogP contribution in [0.5, 0.6) is 5.75 Å². The number of carbonyl (C=O) groups excluding carboxylic acids is 1. The van der Waals surface area contributed by atoms with Gasteiger partial charge < -0.3 is 10.1 Å². The van der Waals surface area contributed by atoms with Crippen LogP contribution in [0.2, 0.25) is 10.0 Å². The van der Waals surface area contributed by atoms with Crippen LogP contribution < -0.4 is 15.6 Å². The Morgan fingerprint density at radius 2 is 2.04 bits per heavy atom. The number of para-hydroxylation sites is 1. The number of alkyl halides is 2. The molecule has 0 saturated carbocycles. The van der Waals surface area contributed by atoms with Crippen molar-refractivity contribution in [3.63, 3.8) is 0 Å². The zero-order chi connectivity index (χ0) is 18.4. The number of nitrogens with one attached hydrogen (secondary N) is 1. The van der Waals surface area contributed by atoms with Gasteiger partial charge in [0, 0.05) is 6.54 Å². The summed E-state index contributed by atoms with van der Waals surface area (Å²) >= 11 is 11.3. The number of hydrogen-bond acceptors (Lipinski definition) is 4. The lowest BCUT2D eigenvalue weighted by molar-refractivity contribution is -0.121. The summed E-state index contributed by atoms with van der Waals surface area (Å²) in [6.45, 7) is -3.10. The first-order valence-electron chi connectivity index (χ1n) is 7.09.